The van der Waals surface area contributed by atoms with Gasteiger partial charge in [-0.1, -0.05) is 38.1 Å². The molecule has 170 valence electrons. The van der Waals surface area contributed by atoms with Crippen LogP contribution in [0.1, 0.15) is 53.0 Å². The Bertz CT molecular complexity index is 1290. The van der Waals surface area contributed by atoms with Gasteiger partial charge in [-0.25, -0.2) is 4.98 Å². The standard InChI is InChI=1S/C24H26N6O3/c1-14(2)21(23-25-19-7-5-6-8-20(19)26-23)27-24(31)18-11-9-17(10-12-18)13-29-16(4)22(30(32)33)15(3)28-29/h5-12,14,21H,13H2,1-4H3,(H,25,26)(H,27,31). The first-order chi connectivity index (χ1) is 15.7. The van der Waals surface area contributed by atoms with Crippen molar-refractivity contribution in [2.45, 2.75) is 40.3 Å². The monoisotopic (exact) mass is 446 g/mol. The molecule has 2 aromatic carbocycles. The van der Waals surface area contributed by atoms with Crippen LogP contribution in [0.25, 0.3) is 11.0 Å². The number of nitrogens with zero attached hydrogens (tertiary/aromatic N) is 4. The highest BCUT2D eigenvalue weighted by Gasteiger charge is 2.23. The largest absolute Gasteiger partial charge is 0.342 e. The minimum atomic E-state index is -0.408. The van der Waals surface area contributed by atoms with E-state index in [9.17, 15) is 14.9 Å². The van der Waals surface area contributed by atoms with Crippen LogP contribution in [0.4, 0.5) is 5.69 Å². The fourth-order valence-electron chi connectivity index (χ4n) is 3.94. The van der Waals surface area contributed by atoms with Gasteiger partial charge < -0.3 is 10.3 Å². The molecule has 4 aromatic rings. The molecule has 0 aliphatic rings. The number of hydrogen-bond donors (Lipinski definition) is 2. The van der Waals surface area contributed by atoms with Gasteiger partial charge in [0.05, 0.1) is 28.5 Å². The number of rotatable bonds is 7. The molecule has 2 heterocycles. The van der Waals surface area contributed by atoms with Crippen molar-refractivity contribution in [3.8, 4) is 0 Å². The molecule has 1 atom stereocenters. The average Bonchev–Trinajstić information content (AvgIpc) is 3.32. The lowest BCUT2D eigenvalue weighted by Gasteiger charge is -2.20. The van der Waals surface area contributed by atoms with Gasteiger partial charge in [0.15, 0.2) is 0 Å². The number of aromatic nitrogens is 4. The second kappa shape index (κ2) is 8.85. The van der Waals surface area contributed by atoms with Crippen molar-refractivity contribution in [3.63, 3.8) is 0 Å². The van der Waals surface area contributed by atoms with Gasteiger partial charge in [-0.2, -0.15) is 5.10 Å². The number of hydrogen-bond acceptors (Lipinski definition) is 5. The molecule has 0 aliphatic heterocycles. The van der Waals surface area contributed by atoms with Gasteiger partial charge in [0.1, 0.15) is 17.2 Å². The van der Waals surface area contributed by atoms with Crippen LogP contribution in [0.3, 0.4) is 0 Å². The summed E-state index contributed by atoms with van der Waals surface area (Å²) in [7, 11) is 0. The lowest BCUT2D eigenvalue weighted by atomic mass is 10.0. The zero-order chi connectivity index (χ0) is 23.7. The highest BCUT2D eigenvalue weighted by atomic mass is 16.6. The second-order valence-corrected chi connectivity index (χ2v) is 8.47. The molecule has 9 nitrogen and oxygen atoms in total. The number of H-pyrrole nitrogens is 1. The topological polar surface area (TPSA) is 119 Å². The fraction of sp³-hybridized carbons (Fsp3) is 0.292. The predicted octanol–water partition coefficient (Wildman–Crippen LogP) is 4.46. The first-order valence-electron chi connectivity index (χ1n) is 10.8. The van der Waals surface area contributed by atoms with Crippen molar-refractivity contribution < 1.29 is 9.72 Å². The van der Waals surface area contributed by atoms with Crippen LogP contribution in [0.15, 0.2) is 48.5 Å². The molecule has 0 radical (unpaired) electrons. The van der Waals surface area contributed by atoms with E-state index in [1.165, 1.54) is 0 Å². The Kier molecular flexibility index (Phi) is 5.95. The van der Waals surface area contributed by atoms with Crippen molar-refractivity contribution in [2.24, 2.45) is 5.92 Å². The van der Waals surface area contributed by atoms with Crippen LogP contribution in [0.5, 0.6) is 0 Å². The first kappa shape index (κ1) is 22.2. The number of fused-ring (bicyclic) bond motifs is 1. The van der Waals surface area contributed by atoms with Gasteiger partial charge in [0.2, 0.25) is 0 Å². The van der Waals surface area contributed by atoms with Gasteiger partial charge >= 0.3 is 5.69 Å². The van der Waals surface area contributed by atoms with Crippen molar-refractivity contribution in [2.75, 3.05) is 0 Å². The quantitative estimate of drug-likeness (QED) is 0.321. The maximum Gasteiger partial charge on any atom is 0.312 e. The zero-order valence-electron chi connectivity index (χ0n) is 19.0. The lowest BCUT2D eigenvalue weighted by Crippen LogP contribution is -2.32. The van der Waals surface area contributed by atoms with Crippen molar-refractivity contribution in [1.29, 1.82) is 0 Å². The average molecular weight is 447 g/mol. The molecule has 2 N–H and O–H groups in total. The van der Waals surface area contributed by atoms with Gasteiger partial charge in [-0.3, -0.25) is 19.6 Å². The van der Waals surface area contributed by atoms with Crippen LogP contribution >= 0.6 is 0 Å². The minimum Gasteiger partial charge on any atom is -0.342 e. The third kappa shape index (κ3) is 4.48. The van der Waals surface area contributed by atoms with E-state index in [0.717, 1.165) is 22.4 Å². The van der Waals surface area contributed by atoms with E-state index in [4.69, 9.17) is 0 Å². The number of imidazole rings is 1. The molecule has 0 saturated heterocycles. The molecule has 0 spiro atoms. The summed E-state index contributed by atoms with van der Waals surface area (Å²) in [5.74, 6) is 0.667. The molecule has 9 heteroatoms. The van der Waals surface area contributed by atoms with E-state index in [1.54, 1.807) is 30.7 Å². The van der Waals surface area contributed by atoms with Gasteiger partial charge in [0.25, 0.3) is 5.91 Å². The molecule has 0 saturated carbocycles. The summed E-state index contributed by atoms with van der Waals surface area (Å²) in [6, 6.07) is 14.7. The minimum absolute atomic E-state index is 0.0383. The second-order valence-electron chi connectivity index (χ2n) is 8.47. The summed E-state index contributed by atoms with van der Waals surface area (Å²) in [5, 5.41) is 18.6. The van der Waals surface area contributed by atoms with Crippen LogP contribution in [-0.2, 0) is 6.54 Å². The van der Waals surface area contributed by atoms with Gasteiger partial charge in [0, 0.05) is 5.56 Å². The molecular formula is C24H26N6O3. The number of nitro groups is 1. The lowest BCUT2D eigenvalue weighted by molar-refractivity contribution is -0.386. The number of benzene rings is 2. The van der Waals surface area contributed by atoms with E-state index < -0.39 is 4.92 Å². The molecule has 0 bridgehead atoms. The van der Waals surface area contributed by atoms with E-state index >= 15 is 0 Å². The van der Waals surface area contributed by atoms with E-state index in [0.29, 0.717) is 23.5 Å². The summed E-state index contributed by atoms with van der Waals surface area (Å²) in [6.07, 6.45) is 0. The Morgan fingerprint density at radius 3 is 2.45 bits per heavy atom. The van der Waals surface area contributed by atoms with Crippen LogP contribution in [-0.4, -0.2) is 30.6 Å². The van der Waals surface area contributed by atoms with E-state index in [-0.39, 0.29) is 23.6 Å². The SMILES string of the molecule is Cc1nn(Cc2ccc(C(=O)NC(c3nc4ccccc4[nH]3)C(C)C)cc2)c(C)c1[N+](=O)[O-]. The zero-order valence-corrected chi connectivity index (χ0v) is 19.0. The Hall–Kier alpha value is -4.01. The molecular weight excluding hydrogens is 420 g/mol. The number of amides is 1. The number of carbonyl (C=O) groups is 1. The summed E-state index contributed by atoms with van der Waals surface area (Å²) in [6.45, 7) is 7.77. The summed E-state index contributed by atoms with van der Waals surface area (Å²) in [4.78, 5) is 31.7. The molecule has 0 fully saturated rings. The van der Waals surface area contributed by atoms with Gasteiger partial charge in [-0.05, 0) is 49.6 Å². The molecule has 1 amide bonds. The smallest absolute Gasteiger partial charge is 0.312 e. The predicted molar refractivity (Wildman–Crippen MR) is 125 cm³/mol. The van der Waals surface area contributed by atoms with Crippen molar-refractivity contribution in [3.05, 3.63) is 87.0 Å². The molecule has 33 heavy (non-hydrogen) atoms. The molecule has 0 aliphatic carbocycles. The number of carbonyl (C=O) groups excluding carboxylic acids is 1. The summed E-state index contributed by atoms with van der Waals surface area (Å²) < 4.78 is 1.61. The third-order valence-electron chi connectivity index (χ3n) is 5.73. The highest BCUT2D eigenvalue weighted by molar-refractivity contribution is 5.94. The van der Waals surface area contributed by atoms with E-state index in [2.05, 4.69) is 20.4 Å². The molecule has 4 rings (SSSR count). The summed E-state index contributed by atoms with van der Waals surface area (Å²) in [5.41, 5.74) is 4.15. The van der Waals surface area contributed by atoms with Gasteiger partial charge in [-0.15, -0.1) is 0 Å². The fourth-order valence-corrected chi connectivity index (χ4v) is 3.94. The Morgan fingerprint density at radius 2 is 1.85 bits per heavy atom. The Labute approximate surface area is 191 Å². The number of para-hydroxylation sites is 2. The number of nitrogens with one attached hydrogen (secondary N) is 2. The van der Waals surface area contributed by atoms with E-state index in [1.807, 2.05) is 50.2 Å². The molecule has 1 unspecified atom stereocenters. The van der Waals surface area contributed by atoms with Crippen LogP contribution in [0, 0.1) is 29.9 Å². The first-order valence-corrected chi connectivity index (χ1v) is 10.8. The van der Waals surface area contributed by atoms with Crippen molar-refractivity contribution >= 4 is 22.6 Å². The summed E-state index contributed by atoms with van der Waals surface area (Å²) >= 11 is 0. The maximum absolute atomic E-state index is 12.9. The third-order valence-corrected chi connectivity index (χ3v) is 5.73. The Morgan fingerprint density at radius 1 is 1.15 bits per heavy atom. The van der Waals surface area contributed by atoms with Crippen LogP contribution < -0.4 is 5.32 Å². The number of aryl methyl sites for hydroxylation is 1. The maximum atomic E-state index is 12.9. The number of aromatic amines is 1. The highest BCUT2D eigenvalue weighted by Crippen LogP contribution is 2.24. The van der Waals surface area contributed by atoms with Crippen LogP contribution in [0.2, 0.25) is 0 Å². The normalized spacial score (nSPS) is 12.3. The molecule has 2 aromatic heterocycles. The Balaban J connectivity index is 1.49. The van der Waals surface area contributed by atoms with Crippen molar-refractivity contribution in [1.82, 2.24) is 25.1 Å².